The maximum Gasteiger partial charge on any atom is 0.272 e. The van der Waals surface area contributed by atoms with E-state index in [9.17, 15) is 17.6 Å². The highest BCUT2D eigenvalue weighted by atomic mass is 19.3. The molecule has 0 saturated carbocycles. The lowest BCUT2D eigenvalue weighted by molar-refractivity contribution is -0.141. The van der Waals surface area contributed by atoms with E-state index < -0.39 is 11.8 Å². The van der Waals surface area contributed by atoms with Gasteiger partial charge in [0.05, 0.1) is 19.6 Å². The molecular formula is C52H109F4N9. The normalized spacial score (nSPS) is 25.3. The molecule has 0 aromatic heterocycles. The first-order chi connectivity index (χ1) is 30.2. The first kappa shape index (κ1) is 62.4. The molecule has 0 N–H and O–H groups in total. The van der Waals surface area contributed by atoms with Gasteiger partial charge in [-0.3, -0.25) is 19.6 Å². The second-order valence-corrected chi connectivity index (χ2v) is 22.5. The number of hydrogen-bond donors (Lipinski definition) is 0. The predicted octanol–water partition coefficient (Wildman–Crippen LogP) is 9.61. The number of likely N-dealkylation sites (N-methyl/N-ethyl adjacent to an activating group) is 2. The lowest BCUT2D eigenvalue weighted by Crippen LogP contribution is -2.58. The van der Waals surface area contributed by atoms with Crippen LogP contribution in [0.15, 0.2) is 0 Å². The summed E-state index contributed by atoms with van der Waals surface area (Å²) in [6, 6.07) is 5.88. The van der Waals surface area contributed by atoms with Crippen LogP contribution >= 0.6 is 0 Å². The largest absolute Gasteiger partial charge is 0.305 e. The van der Waals surface area contributed by atoms with Crippen LogP contribution in [0.2, 0.25) is 0 Å². The highest BCUT2D eigenvalue weighted by Crippen LogP contribution is 2.29. The average molecular weight is 936 g/mol. The van der Waals surface area contributed by atoms with Crippen molar-refractivity contribution in [1.29, 1.82) is 0 Å². The molecule has 7 fully saturated rings. The van der Waals surface area contributed by atoms with Gasteiger partial charge in [0.1, 0.15) is 0 Å². The van der Waals surface area contributed by atoms with Gasteiger partial charge in [-0.15, -0.1) is 0 Å². The molecule has 0 aliphatic carbocycles. The molecule has 65 heavy (non-hydrogen) atoms. The van der Waals surface area contributed by atoms with E-state index in [2.05, 4.69) is 132 Å². The van der Waals surface area contributed by atoms with Gasteiger partial charge in [0, 0.05) is 93.5 Å². The fraction of sp³-hybridized carbons (Fsp3) is 1.00. The van der Waals surface area contributed by atoms with E-state index >= 15 is 0 Å². The van der Waals surface area contributed by atoms with Crippen molar-refractivity contribution >= 4 is 0 Å². The number of halogens is 4. The molecule has 7 rings (SSSR count). The van der Waals surface area contributed by atoms with Crippen LogP contribution in [-0.4, -0.2) is 230 Å². The van der Waals surface area contributed by atoms with E-state index in [1.54, 1.807) is 9.80 Å². The zero-order valence-corrected chi connectivity index (χ0v) is 46.0. The standard InChI is InChI=1S/2C9H20N2.C8H17N.C7H13F2N.C7H15N.C6H11F2N.C6H13N/c2*1-8(2)11-6-5-9(7-11)10(3)4;1-8(2)9-6-4-3-5-7-9;1-6(2)10-4-3-7(8,9)5-10;1-7(2)8-5-3-4-6-8;1-5(2)9-3-6(7,8)4-9;1-6(2)7-4-3-5-7/h2*8-9H,5-7H2,1-4H3;8H,3-7H2,1-2H3;6H,3-5H2,1-2H3;7H,3-6H2,1-2H3;5H,3-4H2,1-2H3;6H,3-5H2,1-2H3. The number of piperidine rings is 1. The monoisotopic (exact) mass is 936 g/mol. The molecule has 7 aliphatic heterocycles. The molecule has 7 heterocycles. The minimum atomic E-state index is -2.43. The molecule has 7 saturated heterocycles. The van der Waals surface area contributed by atoms with Gasteiger partial charge in [-0.05, 0) is 209 Å². The molecule has 0 radical (unpaired) electrons. The number of likely N-dealkylation sites (tertiary alicyclic amines) is 7. The molecule has 0 bridgehead atoms. The van der Waals surface area contributed by atoms with Crippen molar-refractivity contribution in [3.8, 4) is 0 Å². The quantitative estimate of drug-likeness (QED) is 0.210. The summed E-state index contributed by atoms with van der Waals surface area (Å²) in [5.41, 5.74) is 0. The van der Waals surface area contributed by atoms with E-state index in [1.807, 2.05) is 27.7 Å². The fourth-order valence-corrected chi connectivity index (χ4v) is 8.98. The average Bonchev–Trinajstić information content (AvgIpc) is 4.02. The molecule has 390 valence electrons. The maximum atomic E-state index is 12.5. The van der Waals surface area contributed by atoms with Crippen molar-refractivity contribution in [3.63, 3.8) is 0 Å². The number of hydrogen-bond acceptors (Lipinski definition) is 9. The van der Waals surface area contributed by atoms with Crippen LogP contribution in [0.25, 0.3) is 0 Å². The summed E-state index contributed by atoms with van der Waals surface area (Å²) < 4.78 is 49.2. The molecular weight excluding hydrogens is 827 g/mol. The summed E-state index contributed by atoms with van der Waals surface area (Å²) in [6.07, 6.45) is 11.2. The van der Waals surface area contributed by atoms with Crippen LogP contribution in [0.1, 0.15) is 155 Å². The predicted molar refractivity (Wildman–Crippen MR) is 273 cm³/mol. The summed E-state index contributed by atoms with van der Waals surface area (Å²) in [5.74, 6) is -4.82. The Balaban J connectivity index is 0.000000381. The van der Waals surface area contributed by atoms with E-state index in [0.717, 1.165) is 42.3 Å². The van der Waals surface area contributed by atoms with Crippen LogP contribution in [0.3, 0.4) is 0 Å². The summed E-state index contributed by atoms with van der Waals surface area (Å²) in [7, 11) is 8.70. The fourth-order valence-electron chi connectivity index (χ4n) is 8.98. The van der Waals surface area contributed by atoms with Gasteiger partial charge >= 0.3 is 0 Å². The van der Waals surface area contributed by atoms with Gasteiger partial charge in [0.25, 0.3) is 11.8 Å². The Labute approximate surface area is 401 Å². The van der Waals surface area contributed by atoms with E-state index in [4.69, 9.17) is 0 Å². The molecule has 2 unspecified atom stereocenters. The molecule has 9 nitrogen and oxygen atoms in total. The Morgan fingerprint density at radius 3 is 0.785 bits per heavy atom. The summed E-state index contributed by atoms with van der Waals surface area (Å²) >= 11 is 0. The van der Waals surface area contributed by atoms with Crippen molar-refractivity contribution in [3.05, 3.63) is 0 Å². The van der Waals surface area contributed by atoms with Crippen molar-refractivity contribution in [2.45, 2.75) is 221 Å². The van der Waals surface area contributed by atoms with Crippen LogP contribution in [-0.2, 0) is 0 Å². The van der Waals surface area contributed by atoms with E-state index in [-0.39, 0.29) is 38.1 Å². The van der Waals surface area contributed by atoms with E-state index in [1.165, 1.54) is 117 Å². The number of nitrogens with zero attached hydrogens (tertiary/aromatic N) is 9. The minimum Gasteiger partial charge on any atom is -0.305 e. The highest BCUT2D eigenvalue weighted by Gasteiger charge is 2.44. The van der Waals surface area contributed by atoms with Gasteiger partial charge in [-0.25, -0.2) is 17.6 Å². The second kappa shape index (κ2) is 31.6. The lowest BCUT2D eigenvalue weighted by Gasteiger charge is -2.41. The molecule has 0 spiro atoms. The third-order valence-corrected chi connectivity index (χ3v) is 14.5. The van der Waals surface area contributed by atoms with Gasteiger partial charge < -0.3 is 24.5 Å². The maximum absolute atomic E-state index is 12.5. The van der Waals surface area contributed by atoms with Crippen LogP contribution in [0.4, 0.5) is 17.6 Å². The second-order valence-electron chi connectivity index (χ2n) is 22.5. The Morgan fingerprint density at radius 1 is 0.338 bits per heavy atom. The smallest absolute Gasteiger partial charge is 0.272 e. The van der Waals surface area contributed by atoms with Gasteiger partial charge in [0.2, 0.25) is 0 Å². The summed E-state index contributed by atoms with van der Waals surface area (Å²) in [5, 5.41) is 0. The van der Waals surface area contributed by atoms with Crippen LogP contribution < -0.4 is 0 Å². The Hall–Kier alpha value is -0.640. The Kier molecular flexibility index (Phi) is 30.3. The van der Waals surface area contributed by atoms with Gasteiger partial charge in [-0.2, -0.15) is 0 Å². The molecule has 0 amide bonds. The number of rotatable bonds is 9. The zero-order chi connectivity index (χ0) is 49.7. The van der Waals surface area contributed by atoms with Crippen LogP contribution in [0, 0.1) is 0 Å². The zero-order valence-electron chi connectivity index (χ0n) is 46.0. The first-order valence-corrected chi connectivity index (χ1v) is 26.4. The van der Waals surface area contributed by atoms with Crippen LogP contribution in [0.5, 0.6) is 0 Å². The van der Waals surface area contributed by atoms with Crippen molar-refractivity contribution < 1.29 is 17.6 Å². The van der Waals surface area contributed by atoms with Crippen molar-refractivity contribution in [1.82, 2.24) is 44.1 Å². The third-order valence-electron chi connectivity index (χ3n) is 14.5. The summed E-state index contributed by atoms with van der Waals surface area (Å²) in [6.45, 7) is 43.9. The SMILES string of the molecule is CC(C)N1CC(F)(F)C1.CC(C)N1CCC(F)(F)C1.CC(C)N1CCC(N(C)C)C1.CC(C)N1CCC(N(C)C)C1.CC(C)N1CCC1.CC(C)N1CCCC1.CC(C)N1CCCCC1. The van der Waals surface area contributed by atoms with E-state index in [0.29, 0.717) is 6.54 Å². The van der Waals surface area contributed by atoms with Crippen molar-refractivity contribution in [2.24, 2.45) is 0 Å². The Bertz CT molecular complexity index is 1100. The molecule has 0 aromatic carbocycles. The van der Waals surface area contributed by atoms with Crippen molar-refractivity contribution in [2.75, 3.05) is 120 Å². The Morgan fingerprint density at radius 2 is 0.631 bits per heavy atom. The molecule has 7 aliphatic rings. The topological polar surface area (TPSA) is 29.2 Å². The summed E-state index contributed by atoms with van der Waals surface area (Å²) in [4.78, 5) is 20.9. The lowest BCUT2D eigenvalue weighted by atomic mass is 10.1. The molecule has 13 heteroatoms. The minimum absolute atomic E-state index is 0.0329. The van der Waals surface area contributed by atoms with Gasteiger partial charge in [0.15, 0.2) is 0 Å². The number of alkyl halides is 4. The first-order valence-electron chi connectivity index (χ1n) is 26.4. The highest BCUT2D eigenvalue weighted by molar-refractivity contribution is 4.88. The molecule has 2 atom stereocenters. The molecule has 0 aromatic rings. The third kappa shape index (κ3) is 26.2. The van der Waals surface area contributed by atoms with Gasteiger partial charge in [-0.1, -0.05) is 6.42 Å².